The van der Waals surface area contributed by atoms with E-state index in [1.807, 2.05) is 12.1 Å². The third-order valence-electron chi connectivity index (χ3n) is 2.70. The zero-order valence-corrected chi connectivity index (χ0v) is 10.2. The molecule has 0 heterocycles. The summed E-state index contributed by atoms with van der Waals surface area (Å²) in [6.07, 6.45) is 1.16. The number of hydrogen-bond donors (Lipinski definition) is 1. The fourth-order valence-electron chi connectivity index (χ4n) is 1.88. The van der Waals surface area contributed by atoms with Crippen LogP contribution in [0.15, 0.2) is 36.4 Å². The molecule has 1 N–H and O–H groups in total. The third-order valence-corrected chi connectivity index (χ3v) is 3.03. The van der Waals surface area contributed by atoms with Crippen LogP contribution >= 0.6 is 11.6 Å². The summed E-state index contributed by atoms with van der Waals surface area (Å²) in [7, 11) is 0. The highest BCUT2D eigenvalue weighted by Gasteiger charge is 2.03. The number of rotatable bonds is 4. The average molecular weight is 234 g/mol. The second kappa shape index (κ2) is 5.33. The number of nitrogens with one attached hydrogen (secondary N) is 1. The van der Waals surface area contributed by atoms with Crippen LogP contribution in [0, 0.1) is 0 Å². The lowest BCUT2D eigenvalue weighted by Crippen LogP contribution is -2.13. The summed E-state index contributed by atoms with van der Waals surface area (Å²) >= 11 is 6.17. The minimum absolute atomic E-state index is 0.829. The van der Waals surface area contributed by atoms with Gasteiger partial charge in [-0.15, -0.1) is 0 Å². The molecule has 0 fully saturated rings. The Morgan fingerprint density at radius 2 is 1.81 bits per heavy atom. The largest absolute Gasteiger partial charge is 0.313 e. The maximum Gasteiger partial charge on any atom is 0.0484 e. The molecule has 2 rings (SSSR count). The number of benzene rings is 2. The second-order valence-corrected chi connectivity index (χ2v) is 4.34. The molecule has 0 bridgehead atoms. The van der Waals surface area contributed by atoms with Crippen molar-refractivity contribution in [3.63, 3.8) is 0 Å². The molecular weight excluding hydrogens is 218 g/mol. The predicted molar refractivity (Wildman–Crippen MR) is 71.0 cm³/mol. The zero-order valence-electron chi connectivity index (χ0n) is 9.46. The van der Waals surface area contributed by atoms with Crippen LogP contribution in [0.3, 0.4) is 0 Å². The standard InChI is InChI=1S/C14H16ClN/c1-2-9-16-10-11-7-8-14(15)13-6-4-3-5-12(11)13/h3-8,16H,2,9-10H2,1H3. The summed E-state index contributed by atoms with van der Waals surface area (Å²) in [6, 6.07) is 12.4. The first-order chi connectivity index (χ1) is 7.83. The third kappa shape index (κ3) is 2.37. The Labute approximate surface area is 101 Å². The van der Waals surface area contributed by atoms with Gasteiger partial charge < -0.3 is 5.32 Å². The Morgan fingerprint density at radius 1 is 1.06 bits per heavy atom. The van der Waals surface area contributed by atoms with E-state index in [2.05, 4.69) is 36.5 Å². The highest BCUT2D eigenvalue weighted by molar-refractivity contribution is 6.35. The topological polar surface area (TPSA) is 12.0 Å². The summed E-state index contributed by atoms with van der Waals surface area (Å²) in [4.78, 5) is 0. The lowest BCUT2D eigenvalue weighted by atomic mass is 10.0. The van der Waals surface area contributed by atoms with Crippen molar-refractivity contribution in [2.75, 3.05) is 6.54 Å². The van der Waals surface area contributed by atoms with Crippen LogP contribution in [0.2, 0.25) is 5.02 Å². The van der Waals surface area contributed by atoms with Crippen molar-refractivity contribution in [3.8, 4) is 0 Å². The average Bonchev–Trinajstić information content (AvgIpc) is 2.33. The monoisotopic (exact) mass is 233 g/mol. The molecule has 16 heavy (non-hydrogen) atoms. The first-order valence-electron chi connectivity index (χ1n) is 5.69. The number of hydrogen-bond acceptors (Lipinski definition) is 1. The van der Waals surface area contributed by atoms with Gasteiger partial charge in [-0.05, 0) is 30.0 Å². The molecule has 0 spiro atoms. The van der Waals surface area contributed by atoms with Crippen molar-refractivity contribution in [1.29, 1.82) is 0 Å². The van der Waals surface area contributed by atoms with Gasteiger partial charge in [-0.1, -0.05) is 48.9 Å². The molecule has 84 valence electrons. The van der Waals surface area contributed by atoms with Crippen molar-refractivity contribution in [1.82, 2.24) is 5.32 Å². The molecule has 0 saturated heterocycles. The fraction of sp³-hybridized carbons (Fsp3) is 0.286. The molecule has 0 aromatic heterocycles. The highest BCUT2D eigenvalue weighted by atomic mass is 35.5. The summed E-state index contributed by atoms with van der Waals surface area (Å²) in [5, 5.41) is 6.64. The van der Waals surface area contributed by atoms with Gasteiger partial charge in [0, 0.05) is 17.0 Å². The van der Waals surface area contributed by atoms with E-state index in [0.717, 1.165) is 29.9 Å². The summed E-state index contributed by atoms with van der Waals surface area (Å²) < 4.78 is 0. The maximum absolute atomic E-state index is 6.17. The molecule has 2 aromatic carbocycles. The van der Waals surface area contributed by atoms with Crippen molar-refractivity contribution in [2.24, 2.45) is 0 Å². The molecule has 0 aliphatic rings. The SMILES string of the molecule is CCCNCc1ccc(Cl)c2ccccc12. The predicted octanol–water partition coefficient (Wildman–Crippen LogP) is 3.99. The quantitative estimate of drug-likeness (QED) is 0.788. The van der Waals surface area contributed by atoms with Crippen molar-refractivity contribution < 1.29 is 0 Å². The van der Waals surface area contributed by atoms with Crippen LogP contribution in [-0.2, 0) is 6.54 Å². The van der Waals surface area contributed by atoms with Gasteiger partial charge in [-0.25, -0.2) is 0 Å². The minimum atomic E-state index is 0.829. The van der Waals surface area contributed by atoms with E-state index in [-0.39, 0.29) is 0 Å². The minimum Gasteiger partial charge on any atom is -0.313 e. The van der Waals surface area contributed by atoms with Crippen molar-refractivity contribution >= 4 is 22.4 Å². The van der Waals surface area contributed by atoms with Gasteiger partial charge >= 0.3 is 0 Å². The second-order valence-electron chi connectivity index (χ2n) is 3.93. The van der Waals surface area contributed by atoms with E-state index in [0.29, 0.717) is 0 Å². The van der Waals surface area contributed by atoms with Gasteiger partial charge in [-0.2, -0.15) is 0 Å². The van der Waals surface area contributed by atoms with E-state index in [1.165, 1.54) is 10.9 Å². The first kappa shape index (κ1) is 11.4. The Balaban J connectivity index is 2.35. The molecule has 0 atom stereocenters. The van der Waals surface area contributed by atoms with Gasteiger partial charge in [0.05, 0.1) is 0 Å². The summed E-state index contributed by atoms with van der Waals surface area (Å²) in [6.45, 7) is 4.13. The van der Waals surface area contributed by atoms with Crippen LogP contribution < -0.4 is 5.32 Å². The first-order valence-corrected chi connectivity index (χ1v) is 6.07. The Kier molecular flexibility index (Phi) is 3.81. The van der Waals surface area contributed by atoms with E-state index >= 15 is 0 Å². The van der Waals surface area contributed by atoms with Gasteiger partial charge in [0.2, 0.25) is 0 Å². The van der Waals surface area contributed by atoms with E-state index in [9.17, 15) is 0 Å². The van der Waals surface area contributed by atoms with Crippen molar-refractivity contribution in [2.45, 2.75) is 19.9 Å². The Bertz CT molecular complexity index is 479. The zero-order chi connectivity index (χ0) is 11.4. The smallest absolute Gasteiger partial charge is 0.0484 e. The molecule has 0 aliphatic heterocycles. The van der Waals surface area contributed by atoms with Gasteiger partial charge in [0.25, 0.3) is 0 Å². The van der Waals surface area contributed by atoms with Crippen LogP contribution in [0.1, 0.15) is 18.9 Å². The fourth-order valence-corrected chi connectivity index (χ4v) is 2.11. The van der Waals surface area contributed by atoms with Gasteiger partial charge in [0.1, 0.15) is 0 Å². The lowest BCUT2D eigenvalue weighted by molar-refractivity contribution is 0.678. The molecule has 0 aliphatic carbocycles. The van der Waals surface area contributed by atoms with Gasteiger partial charge in [0.15, 0.2) is 0 Å². The molecule has 1 nitrogen and oxygen atoms in total. The normalized spacial score (nSPS) is 10.9. The molecule has 0 unspecified atom stereocenters. The number of halogens is 1. The van der Waals surface area contributed by atoms with E-state index < -0.39 is 0 Å². The van der Waals surface area contributed by atoms with Crippen LogP contribution in [0.4, 0.5) is 0 Å². The van der Waals surface area contributed by atoms with Crippen LogP contribution in [-0.4, -0.2) is 6.54 Å². The lowest BCUT2D eigenvalue weighted by Gasteiger charge is -2.08. The Hall–Kier alpha value is -1.05. The molecule has 0 saturated carbocycles. The van der Waals surface area contributed by atoms with Crippen LogP contribution in [0.25, 0.3) is 10.8 Å². The summed E-state index contributed by atoms with van der Waals surface area (Å²) in [5.41, 5.74) is 1.31. The molecule has 0 amide bonds. The molecule has 0 radical (unpaired) electrons. The molecular formula is C14H16ClN. The van der Waals surface area contributed by atoms with Crippen molar-refractivity contribution in [3.05, 3.63) is 47.0 Å². The highest BCUT2D eigenvalue weighted by Crippen LogP contribution is 2.26. The molecule has 2 aromatic rings. The summed E-state index contributed by atoms with van der Waals surface area (Å²) in [5.74, 6) is 0. The van der Waals surface area contributed by atoms with Crippen LogP contribution in [0.5, 0.6) is 0 Å². The maximum atomic E-state index is 6.17. The van der Waals surface area contributed by atoms with Gasteiger partial charge in [-0.3, -0.25) is 0 Å². The molecule has 2 heteroatoms. The Morgan fingerprint density at radius 3 is 2.56 bits per heavy atom. The number of fused-ring (bicyclic) bond motifs is 1. The van der Waals surface area contributed by atoms with E-state index in [4.69, 9.17) is 11.6 Å². The van der Waals surface area contributed by atoms with E-state index in [1.54, 1.807) is 0 Å².